The maximum Gasteiger partial charge on any atom is 0.162 e. The molecule has 0 heterocycles. The topological polar surface area (TPSA) is 0 Å². The van der Waals surface area contributed by atoms with Crippen LogP contribution in [0.4, 0.5) is 0 Å². The first kappa shape index (κ1) is 21.3. The van der Waals surface area contributed by atoms with Crippen molar-refractivity contribution >= 4 is 175 Å². The predicted octanol–water partition coefficient (Wildman–Crippen LogP) is 8.56. The monoisotopic (exact) mass is 928 g/mol. The first-order valence-corrected chi connectivity index (χ1v) is 11.8. The molecule has 0 nitrogen and oxygen atoms in total. The Morgan fingerprint density at radius 3 is 1.12 bits per heavy atom. The highest BCUT2D eigenvalue weighted by atomic mass is 80.0. The molecular weight excluding hydrogens is 939 g/mol. The number of hydrogen-bond acceptors (Lipinski definition) is 0. The Kier molecular flexibility index (Phi) is 9.62. The zero-order chi connectivity index (χ0) is 13.6. The van der Waals surface area contributed by atoms with Gasteiger partial charge in [-0.25, -0.2) is 0 Å². The lowest BCUT2D eigenvalue weighted by Crippen LogP contribution is -2.49. The third-order valence-corrected chi connectivity index (χ3v) is 17.8. The molecule has 0 atom stereocenters. The van der Waals surface area contributed by atoms with Crippen molar-refractivity contribution in [1.82, 2.24) is 0 Å². The van der Waals surface area contributed by atoms with Crippen LogP contribution in [0.25, 0.3) is 0 Å². The molecule has 0 amide bonds. The van der Waals surface area contributed by atoms with E-state index in [2.05, 4.69) is 175 Å². The maximum absolute atomic E-state index is 3.60. The Hall–Kier alpha value is 5.28. The smallest absolute Gasteiger partial charge is 0.0775 e. The first-order valence-electron chi connectivity index (χ1n) is 3.08. The minimum absolute atomic E-state index is 0.578. The zero-order valence-electron chi connectivity index (χ0n) is 6.66. The number of alkyl halides is 10. The lowest BCUT2D eigenvalue weighted by atomic mass is 10.3. The molecule has 0 fully saturated rings. The molecule has 0 aromatic heterocycles. The molecule has 0 bridgehead atoms. The van der Waals surface area contributed by atoms with Crippen LogP contribution < -0.4 is 0 Å². The molecule has 1 radical (unpaired) electrons. The van der Waals surface area contributed by atoms with Crippen LogP contribution in [0, 0.1) is 4.83 Å². The Labute approximate surface area is 187 Å². The maximum atomic E-state index is 3.60. The van der Waals surface area contributed by atoms with Gasteiger partial charge in [0.2, 0.25) is 0 Å². The summed E-state index contributed by atoms with van der Waals surface area (Å²) in [5, 5.41) is 0. The van der Waals surface area contributed by atoms with E-state index in [-0.39, 0.29) is 0 Å². The van der Waals surface area contributed by atoms with E-state index in [9.17, 15) is 0 Å². The predicted molar refractivity (Wildman–Crippen MR) is 112 cm³/mol. The lowest BCUT2D eigenvalue weighted by Gasteiger charge is -2.44. The van der Waals surface area contributed by atoms with Gasteiger partial charge in [0, 0.05) is 0 Å². The third-order valence-electron chi connectivity index (χ3n) is 1.27. The summed E-state index contributed by atoms with van der Waals surface area (Å²) in [5.41, 5.74) is 0. The standard InChI is InChI=1S/C5Br11/c6-1(3(9,10)11)2(7,8)4(12,13)5(14,15)16. The van der Waals surface area contributed by atoms with Gasteiger partial charge in [-0.15, -0.1) is 0 Å². The molecule has 0 spiro atoms. The average Bonchev–Trinajstić information content (AvgIpc) is 1.98. The van der Waals surface area contributed by atoms with Gasteiger partial charge in [-0.1, -0.05) is 175 Å². The highest BCUT2D eigenvalue weighted by molar-refractivity contribution is 9.42. The molecule has 11 heteroatoms. The van der Waals surface area contributed by atoms with E-state index in [0.717, 1.165) is 4.83 Å². The van der Waals surface area contributed by atoms with Crippen molar-refractivity contribution in [2.45, 2.75) is 10.8 Å². The van der Waals surface area contributed by atoms with Crippen LogP contribution >= 0.6 is 175 Å². The third kappa shape index (κ3) is 5.18. The molecular formula is C5Br11. The molecule has 97 valence electrons. The van der Waals surface area contributed by atoms with Gasteiger partial charge in [-0.05, 0) is 0 Å². The summed E-state index contributed by atoms with van der Waals surface area (Å²) in [6, 6.07) is 0. The molecule has 16 heavy (non-hydrogen) atoms. The van der Waals surface area contributed by atoms with Gasteiger partial charge in [0.25, 0.3) is 0 Å². The molecule has 0 aromatic carbocycles. The van der Waals surface area contributed by atoms with E-state index in [4.69, 9.17) is 0 Å². The van der Waals surface area contributed by atoms with Crippen molar-refractivity contribution < 1.29 is 0 Å². The van der Waals surface area contributed by atoms with Crippen molar-refractivity contribution in [2.75, 3.05) is 0 Å². The second-order valence-corrected chi connectivity index (χ2v) is 23.7. The molecule has 0 aliphatic rings. The van der Waals surface area contributed by atoms with Crippen molar-refractivity contribution in [3.8, 4) is 0 Å². The SMILES string of the molecule is Br[C](C(Br)(Br)Br)C(Br)(Br)C(Br)(Br)C(Br)(Br)Br. The first-order chi connectivity index (χ1) is 6.65. The van der Waals surface area contributed by atoms with Gasteiger partial charge < -0.3 is 0 Å². The summed E-state index contributed by atoms with van der Waals surface area (Å²) in [6.45, 7) is 0. The molecule has 0 N–H and O–H groups in total. The molecule has 0 saturated heterocycles. The summed E-state index contributed by atoms with van der Waals surface area (Å²) in [6.07, 6.45) is 0. The van der Waals surface area contributed by atoms with Crippen LogP contribution in [0.2, 0.25) is 0 Å². The van der Waals surface area contributed by atoms with Crippen LogP contribution in [0.5, 0.6) is 0 Å². The Morgan fingerprint density at radius 2 is 0.938 bits per heavy atom. The Morgan fingerprint density at radius 1 is 0.625 bits per heavy atom. The summed E-state index contributed by atoms with van der Waals surface area (Å²) in [4.78, 5) is 0.809. The van der Waals surface area contributed by atoms with Gasteiger partial charge in [-0.3, -0.25) is 0 Å². The van der Waals surface area contributed by atoms with Gasteiger partial charge >= 0.3 is 0 Å². The molecule has 0 aliphatic heterocycles. The van der Waals surface area contributed by atoms with E-state index in [1.165, 1.54) is 0 Å². The van der Waals surface area contributed by atoms with Crippen LogP contribution in [-0.4, -0.2) is 10.8 Å². The fraction of sp³-hybridized carbons (Fsp3) is 0.800. The van der Waals surface area contributed by atoms with Crippen LogP contribution in [0.15, 0.2) is 0 Å². The molecule has 0 unspecified atom stereocenters. The second kappa shape index (κ2) is 7.23. The highest BCUT2D eigenvalue weighted by Gasteiger charge is 2.62. The van der Waals surface area contributed by atoms with E-state index in [1.807, 2.05) is 0 Å². The summed E-state index contributed by atoms with van der Waals surface area (Å²) in [5.74, 6) is 0. The summed E-state index contributed by atoms with van der Waals surface area (Å²) >= 11 is 38.6. The van der Waals surface area contributed by atoms with Crippen molar-refractivity contribution in [2.24, 2.45) is 0 Å². The Balaban J connectivity index is 5.37. The minimum Gasteiger partial charge on any atom is -0.0775 e. The molecule has 0 rings (SSSR count). The van der Waals surface area contributed by atoms with Crippen molar-refractivity contribution in [1.29, 1.82) is 0 Å². The zero-order valence-corrected chi connectivity index (χ0v) is 24.1. The number of rotatable bonds is 2. The highest BCUT2D eigenvalue weighted by Crippen LogP contribution is 2.69. The van der Waals surface area contributed by atoms with Crippen LogP contribution in [-0.2, 0) is 0 Å². The average molecular weight is 939 g/mol. The van der Waals surface area contributed by atoms with E-state index in [1.54, 1.807) is 0 Å². The number of halogens is 11. The molecule has 0 aliphatic carbocycles. The molecule has 0 aromatic rings. The van der Waals surface area contributed by atoms with Crippen LogP contribution in [0.1, 0.15) is 0 Å². The van der Waals surface area contributed by atoms with Crippen LogP contribution in [0.3, 0.4) is 0 Å². The fourth-order valence-electron chi connectivity index (χ4n) is 0.494. The van der Waals surface area contributed by atoms with E-state index < -0.39 is 10.8 Å². The number of hydrogen-bond donors (Lipinski definition) is 0. The van der Waals surface area contributed by atoms with E-state index >= 15 is 0 Å². The summed E-state index contributed by atoms with van der Waals surface area (Å²) < 4.78 is -2.51. The van der Waals surface area contributed by atoms with Gasteiger partial charge in [0.05, 0.1) is 0 Å². The largest absolute Gasteiger partial charge is 0.162 e. The lowest BCUT2D eigenvalue weighted by molar-refractivity contribution is 0.845. The minimum atomic E-state index is -0.667. The molecule has 0 saturated carbocycles. The van der Waals surface area contributed by atoms with Gasteiger partial charge in [0.15, 0.2) is 4.29 Å². The van der Waals surface area contributed by atoms with Crippen molar-refractivity contribution in [3.63, 3.8) is 0 Å². The van der Waals surface area contributed by atoms with Gasteiger partial charge in [-0.2, -0.15) is 0 Å². The van der Waals surface area contributed by atoms with E-state index in [0.29, 0.717) is 0 Å². The summed E-state index contributed by atoms with van der Waals surface area (Å²) in [7, 11) is 0. The second-order valence-electron chi connectivity index (χ2n) is 2.46. The quantitative estimate of drug-likeness (QED) is 0.244. The van der Waals surface area contributed by atoms with Crippen molar-refractivity contribution in [3.05, 3.63) is 4.83 Å². The van der Waals surface area contributed by atoms with Gasteiger partial charge in [0.1, 0.15) is 11.3 Å². The normalized spacial score (nSPS) is 15.8. The fourth-order valence-corrected chi connectivity index (χ4v) is 7.89. The Bertz CT molecular complexity index is 244.